The van der Waals surface area contributed by atoms with E-state index in [1.807, 2.05) is 0 Å². The van der Waals surface area contributed by atoms with Crippen LogP contribution in [0.1, 0.15) is 32.6 Å². The normalized spacial score (nSPS) is 45.5. The highest BCUT2D eigenvalue weighted by Crippen LogP contribution is 2.50. The Kier molecular flexibility index (Phi) is 2.13. The van der Waals surface area contributed by atoms with Crippen LogP contribution < -0.4 is 5.32 Å². The fraction of sp³-hybridized carbons (Fsp3) is 1.00. The largest absolute Gasteiger partial charge is 0.394 e. The van der Waals surface area contributed by atoms with E-state index in [2.05, 4.69) is 12.2 Å². The molecule has 2 nitrogen and oxygen atoms in total. The van der Waals surface area contributed by atoms with Crippen molar-refractivity contribution in [2.45, 2.75) is 38.1 Å². The molecule has 0 radical (unpaired) electrons. The molecule has 3 unspecified atom stereocenters. The van der Waals surface area contributed by atoms with Gasteiger partial charge in [-0.3, -0.25) is 0 Å². The lowest BCUT2D eigenvalue weighted by atomic mass is 9.81. The van der Waals surface area contributed by atoms with Gasteiger partial charge in [-0.15, -0.1) is 0 Å². The Morgan fingerprint density at radius 3 is 2.75 bits per heavy atom. The predicted octanol–water partition coefficient (Wildman–Crippen LogP) is 1.15. The van der Waals surface area contributed by atoms with Crippen molar-refractivity contribution in [3.8, 4) is 0 Å². The van der Waals surface area contributed by atoms with Gasteiger partial charge in [0, 0.05) is 5.54 Å². The van der Waals surface area contributed by atoms with Crippen molar-refractivity contribution in [2.24, 2.45) is 11.8 Å². The van der Waals surface area contributed by atoms with Crippen LogP contribution in [0.4, 0.5) is 0 Å². The number of rotatable bonds is 3. The minimum atomic E-state index is 0.109. The molecule has 2 saturated carbocycles. The second kappa shape index (κ2) is 3.00. The van der Waals surface area contributed by atoms with Crippen LogP contribution in [0.25, 0.3) is 0 Å². The van der Waals surface area contributed by atoms with Gasteiger partial charge in [0.2, 0.25) is 0 Å². The topological polar surface area (TPSA) is 32.3 Å². The number of aliphatic hydroxyl groups is 1. The Balaban J connectivity index is 2.08. The number of nitrogens with one attached hydrogen (secondary N) is 1. The highest BCUT2D eigenvalue weighted by molar-refractivity contribution is 5.05. The Hall–Kier alpha value is -0.0800. The summed E-state index contributed by atoms with van der Waals surface area (Å²) in [6.07, 6.45) is 5.30. The van der Waals surface area contributed by atoms with Gasteiger partial charge in [-0.1, -0.05) is 13.3 Å². The zero-order valence-corrected chi connectivity index (χ0v) is 7.84. The molecule has 0 spiro atoms. The molecule has 0 saturated heterocycles. The average Bonchev–Trinajstić information content (AvgIpc) is 2.64. The maximum Gasteiger partial charge on any atom is 0.0616 e. The monoisotopic (exact) mass is 169 g/mol. The molecule has 0 aliphatic heterocycles. The fourth-order valence-corrected chi connectivity index (χ4v) is 3.26. The lowest BCUT2D eigenvalue weighted by Crippen LogP contribution is -2.52. The smallest absolute Gasteiger partial charge is 0.0616 e. The van der Waals surface area contributed by atoms with Gasteiger partial charge in [0.25, 0.3) is 0 Å². The SMILES string of the molecule is CCNC1(CO)CC2CCC1C2. The van der Waals surface area contributed by atoms with Crippen molar-refractivity contribution in [1.82, 2.24) is 5.32 Å². The third kappa shape index (κ3) is 1.09. The van der Waals surface area contributed by atoms with E-state index in [0.717, 1.165) is 18.4 Å². The third-order valence-electron chi connectivity index (χ3n) is 3.79. The molecule has 0 aromatic carbocycles. The van der Waals surface area contributed by atoms with Crippen LogP contribution in [0.15, 0.2) is 0 Å². The van der Waals surface area contributed by atoms with Crippen LogP contribution in [0.2, 0.25) is 0 Å². The standard InChI is InChI=1S/C10H19NO/c1-2-11-10(7-12)6-8-3-4-9(10)5-8/h8-9,11-12H,2-7H2,1H3. The molecule has 2 bridgehead atoms. The summed E-state index contributed by atoms with van der Waals surface area (Å²) in [5.74, 6) is 1.66. The summed E-state index contributed by atoms with van der Waals surface area (Å²) in [6, 6.07) is 0. The van der Waals surface area contributed by atoms with Gasteiger partial charge in [-0.25, -0.2) is 0 Å². The summed E-state index contributed by atoms with van der Waals surface area (Å²) in [4.78, 5) is 0. The van der Waals surface area contributed by atoms with E-state index in [1.54, 1.807) is 0 Å². The molecule has 3 atom stereocenters. The zero-order valence-electron chi connectivity index (χ0n) is 7.84. The van der Waals surface area contributed by atoms with Gasteiger partial charge in [-0.05, 0) is 37.6 Å². The van der Waals surface area contributed by atoms with E-state index in [9.17, 15) is 5.11 Å². The number of hydrogen-bond donors (Lipinski definition) is 2. The maximum absolute atomic E-state index is 9.41. The van der Waals surface area contributed by atoms with Crippen molar-refractivity contribution >= 4 is 0 Å². The minimum Gasteiger partial charge on any atom is -0.394 e. The van der Waals surface area contributed by atoms with Crippen molar-refractivity contribution in [3.05, 3.63) is 0 Å². The van der Waals surface area contributed by atoms with Gasteiger partial charge in [0.15, 0.2) is 0 Å². The van der Waals surface area contributed by atoms with Crippen molar-refractivity contribution in [2.75, 3.05) is 13.2 Å². The van der Waals surface area contributed by atoms with Crippen LogP contribution in [0.5, 0.6) is 0 Å². The molecule has 0 amide bonds. The maximum atomic E-state index is 9.41. The molecule has 0 aromatic rings. The first-order valence-electron chi connectivity index (χ1n) is 5.16. The number of aliphatic hydroxyl groups excluding tert-OH is 1. The molecule has 70 valence electrons. The number of likely N-dealkylation sites (N-methyl/N-ethyl adjacent to an activating group) is 1. The summed E-state index contributed by atoms with van der Waals surface area (Å²) >= 11 is 0. The minimum absolute atomic E-state index is 0.109. The second-order valence-corrected chi connectivity index (χ2v) is 4.42. The molecule has 2 aliphatic carbocycles. The summed E-state index contributed by atoms with van der Waals surface area (Å²) in [6.45, 7) is 3.45. The number of hydrogen-bond acceptors (Lipinski definition) is 2. The van der Waals surface area contributed by atoms with E-state index in [0.29, 0.717) is 6.61 Å². The van der Waals surface area contributed by atoms with Crippen LogP contribution in [0.3, 0.4) is 0 Å². The van der Waals surface area contributed by atoms with Gasteiger partial charge in [-0.2, -0.15) is 0 Å². The molecule has 0 heterocycles. The summed E-state index contributed by atoms with van der Waals surface area (Å²) < 4.78 is 0. The highest BCUT2D eigenvalue weighted by atomic mass is 16.3. The average molecular weight is 169 g/mol. The van der Waals surface area contributed by atoms with Gasteiger partial charge >= 0.3 is 0 Å². The van der Waals surface area contributed by atoms with E-state index in [4.69, 9.17) is 0 Å². The quantitative estimate of drug-likeness (QED) is 0.664. The molecule has 2 fully saturated rings. The lowest BCUT2D eigenvalue weighted by molar-refractivity contribution is 0.108. The highest BCUT2D eigenvalue weighted by Gasteiger charge is 2.49. The third-order valence-corrected chi connectivity index (χ3v) is 3.79. The van der Waals surface area contributed by atoms with Crippen molar-refractivity contribution in [1.29, 1.82) is 0 Å². The van der Waals surface area contributed by atoms with E-state index in [-0.39, 0.29) is 5.54 Å². The zero-order chi connectivity index (χ0) is 8.60. The van der Waals surface area contributed by atoms with E-state index >= 15 is 0 Å². The molecule has 2 N–H and O–H groups in total. The Morgan fingerprint density at radius 1 is 1.50 bits per heavy atom. The van der Waals surface area contributed by atoms with E-state index in [1.165, 1.54) is 25.7 Å². The summed E-state index contributed by atoms with van der Waals surface area (Å²) in [5.41, 5.74) is 0.109. The van der Waals surface area contributed by atoms with Gasteiger partial charge in [0.05, 0.1) is 6.61 Å². The Labute approximate surface area is 74.4 Å². The van der Waals surface area contributed by atoms with Crippen LogP contribution in [-0.4, -0.2) is 23.8 Å². The summed E-state index contributed by atoms with van der Waals surface area (Å²) in [7, 11) is 0. The number of fused-ring (bicyclic) bond motifs is 2. The summed E-state index contributed by atoms with van der Waals surface area (Å²) in [5, 5.41) is 12.9. The second-order valence-electron chi connectivity index (χ2n) is 4.42. The van der Waals surface area contributed by atoms with Gasteiger partial charge in [0.1, 0.15) is 0 Å². The van der Waals surface area contributed by atoms with Crippen LogP contribution in [-0.2, 0) is 0 Å². The van der Waals surface area contributed by atoms with Crippen LogP contribution >= 0.6 is 0 Å². The van der Waals surface area contributed by atoms with Crippen molar-refractivity contribution in [3.63, 3.8) is 0 Å². The van der Waals surface area contributed by atoms with Gasteiger partial charge < -0.3 is 10.4 Å². The van der Waals surface area contributed by atoms with Crippen LogP contribution in [0, 0.1) is 11.8 Å². The molecule has 2 heteroatoms. The molecule has 2 aliphatic rings. The molecule has 0 aromatic heterocycles. The van der Waals surface area contributed by atoms with E-state index < -0.39 is 0 Å². The molecular weight excluding hydrogens is 150 g/mol. The molecular formula is C10H19NO. The van der Waals surface area contributed by atoms with Crippen molar-refractivity contribution < 1.29 is 5.11 Å². The lowest BCUT2D eigenvalue weighted by Gasteiger charge is -2.36. The molecule has 2 rings (SSSR count). The molecule has 12 heavy (non-hydrogen) atoms. The first-order chi connectivity index (χ1) is 5.80. The predicted molar refractivity (Wildman–Crippen MR) is 48.9 cm³/mol. The first kappa shape index (κ1) is 8.52. The Bertz CT molecular complexity index is 171. The Morgan fingerprint density at radius 2 is 2.33 bits per heavy atom. The fourth-order valence-electron chi connectivity index (χ4n) is 3.26. The first-order valence-corrected chi connectivity index (χ1v) is 5.16.